The molecule has 0 N–H and O–H groups in total. The van der Waals surface area contributed by atoms with Gasteiger partial charge in [0, 0.05) is 28.3 Å². The van der Waals surface area contributed by atoms with Crippen molar-refractivity contribution in [3.63, 3.8) is 0 Å². The first-order chi connectivity index (χ1) is 14.9. The highest BCUT2D eigenvalue weighted by Gasteiger charge is 2.24. The monoisotopic (exact) mass is 447 g/mol. The fraction of sp³-hybridized carbons (Fsp3) is 0.391. The van der Waals surface area contributed by atoms with Crippen molar-refractivity contribution in [1.82, 2.24) is 0 Å². The Kier molecular flexibility index (Phi) is 7.88. The standard InChI is InChI=1S/C23H24F3NO3Si/c1-31-9-8-29-16-5-2-14(3-6-16)15-4-7-18(20(24)10-15)23(28)30-17-11-21(25)19(13-27)22(26)12-17/h4,7,10-12,14,16H,2-3,5-6,8-9,31H2,1H3. The van der Waals surface area contributed by atoms with E-state index >= 15 is 0 Å². The van der Waals surface area contributed by atoms with Crippen molar-refractivity contribution < 1.29 is 27.4 Å². The predicted molar refractivity (Wildman–Crippen MR) is 113 cm³/mol. The average molecular weight is 448 g/mol. The van der Waals surface area contributed by atoms with Gasteiger partial charge in [-0.15, -0.1) is 0 Å². The van der Waals surface area contributed by atoms with Gasteiger partial charge in [0.15, 0.2) is 0 Å². The number of carbonyl (C=O) groups is 1. The summed E-state index contributed by atoms with van der Waals surface area (Å²) in [6.45, 7) is 3.09. The Hall–Kier alpha value is -2.63. The van der Waals surface area contributed by atoms with Gasteiger partial charge < -0.3 is 9.47 Å². The Morgan fingerprint density at radius 1 is 1.10 bits per heavy atom. The molecule has 0 saturated heterocycles. The van der Waals surface area contributed by atoms with E-state index in [4.69, 9.17) is 14.7 Å². The number of hydrogen-bond donors (Lipinski definition) is 0. The quantitative estimate of drug-likeness (QED) is 0.263. The van der Waals surface area contributed by atoms with Crippen LogP contribution in [-0.2, 0) is 4.74 Å². The second kappa shape index (κ2) is 10.6. The first kappa shape index (κ1) is 23.0. The number of halogens is 3. The van der Waals surface area contributed by atoms with Crippen LogP contribution in [0.1, 0.15) is 53.1 Å². The molecule has 3 rings (SSSR count). The molecule has 0 spiro atoms. The van der Waals surface area contributed by atoms with E-state index in [1.807, 2.05) is 0 Å². The van der Waals surface area contributed by atoms with Gasteiger partial charge in [-0.05, 0) is 55.3 Å². The molecule has 0 radical (unpaired) electrons. The fourth-order valence-electron chi connectivity index (χ4n) is 3.79. The van der Waals surface area contributed by atoms with E-state index in [0.717, 1.165) is 50.0 Å². The van der Waals surface area contributed by atoms with Gasteiger partial charge in [0.1, 0.15) is 34.8 Å². The first-order valence-corrected chi connectivity index (χ1v) is 12.9. The van der Waals surface area contributed by atoms with Crippen LogP contribution in [0, 0.1) is 28.8 Å². The summed E-state index contributed by atoms with van der Waals surface area (Å²) >= 11 is 0. The highest BCUT2D eigenvalue weighted by Crippen LogP contribution is 2.35. The maximum absolute atomic E-state index is 14.6. The molecule has 2 aromatic rings. The Balaban J connectivity index is 1.63. The molecule has 0 bridgehead atoms. The van der Waals surface area contributed by atoms with Crippen LogP contribution in [0.3, 0.4) is 0 Å². The molecule has 0 aliphatic heterocycles. The lowest BCUT2D eigenvalue weighted by Gasteiger charge is -2.29. The Bertz CT molecular complexity index is 962. The van der Waals surface area contributed by atoms with E-state index < -0.39 is 34.7 Å². The first-order valence-electron chi connectivity index (χ1n) is 10.4. The van der Waals surface area contributed by atoms with Crippen LogP contribution < -0.4 is 4.74 Å². The van der Waals surface area contributed by atoms with Gasteiger partial charge >= 0.3 is 5.97 Å². The van der Waals surface area contributed by atoms with E-state index in [9.17, 15) is 18.0 Å². The third-order valence-electron chi connectivity index (χ3n) is 5.55. The SMILES string of the molecule is C[SiH2]CCOC1CCC(c2ccc(C(=O)Oc3cc(F)c(C#N)c(F)c3)c(F)c2)CC1. The lowest BCUT2D eigenvalue weighted by Crippen LogP contribution is -2.21. The molecule has 4 nitrogen and oxygen atoms in total. The lowest BCUT2D eigenvalue weighted by molar-refractivity contribution is 0.0328. The summed E-state index contributed by atoms with van der Waals surface area (Å²) in [5.74, 6) is -4.37. The largest absolute Gasteiger partial charge is 0.423 e. The second-order valence-electron chi connectivity index (χ2n) is 7.70. The smallest absolute Gasteiger partial charge is 0.346 e. The summed E-state index contributed by atoms with van der Waals surface area (Å²) in [5.41, 5.74) is -0.290. The zero-order valence-electron chi connectivity index (χ0n) is 17.3. The van der Waals surface area contributed by atoms with Crippen LogP contribution in [0.5, 0.6) is 5.75 Å². The number of esters is 1. The summed E-state index contributed by atoms with van der Waals surface area (Å²) in [5, 5.41) is 8.69. The van der Waals surface area contributed by atoms with Crippen LogP contribution in [0.15, 0.2) is 30.3 Å². The highest BCUT2D eigenvalue weighted by molar-refractivity contribution is 6.33. The molecule has 1 aliphatic rings. The molecule has 1 fully saturated rings. The minimum Gasteiger partial charge on any atom is -0.423 e. The van der Waals surface area contributed by atoms with Crippen molar-refractivity contribution in [3.8, 4) is 11.8 Å². The normalized spacial score (nSPS) is 18.8. The molecule has 0 unspecified atom stereocenters. The Morgan fingerprint density at radius 2 is 1.77 bits per heavy atom. The van der Waals surface area contributed by atoms with Gasteiger partial charge in [-0.3, -0.25) is 0 Å². The van der Waals surface area contributed by atoms with Gasteiger partial charge in [0.05, 0.1) is 11.7 Å². The predicted octanol–water partition coefficient (Wildman–Crippen LogP) is 4.87. The number of nitrogens with zero attached hydrogens (tertiary/aromatic N) is 1. The average Bonchev–Trinajstić information content (AvgIpc) is 2.74. The van der Waals surface area contributed by atoms with Gasteiger partial charge in [0.2, 0.25) is 0 Å². The summed E-state index contributed by atoms with van der Waals surface area (Å²) in [6, 6.07) is 8.34. The summed E-state index contributed by atoms with van der Waals surface area (Å²) < 4.78 is 52.8. The van der Waals surface area contributed by atoms with E-state index in [1.165, 1.54) is 24.2 Å². The van der Waals surface area contributed by atoms with E-state index in [1.54, 1.807) is 6.07 Å². The van der Waals surface area contributed by atoms with Gasteiger partial charge in [-0.1, -0.05) is 12.6 Å². The number of carbonyl (C=O) groups excluding carboxylic acids is 1. The molecule has 8 heteroatoms. The highest BCUT2D eigenvalue weighted by atomic mass is 28.2. The van der Waals surface area contributed by atoms with Gasteiger partial charge in [0.25, 0.3) is 0 Å². The molecular formula is C23H24F3NO3Si. The number of hydrogen-bond acceptors (Lipinski definition) is 4. The van der Waals surface area contributed by atoms with Crippen molar-refractivity contribution in [2.45, 2.75) is 50.3 Å². The molecular weight excluding hydrogens is 423 g/mol. The molecule has 2 aromatic carbocycles. The lowest BCUT2D eigenvalue weighted by atomic mass is 9.82. The third-order valence-corrected chi connectivity index (χ3v) is 6.54. The number of benzene rings is 2. The number of ether oxygens (including phenoxy) is 2. The van der Waals surface area contributed by atoms with Crippen LogP contribution in [0.4, 0.5) is 13.2 Å². The van der Waals surface area contributed by atoms with Crippen LogP contribution in [0.2, 0.25) is 12.6 Å². The molecule has 1 aliphatic carbocycles. The van der Waals surface area contributed by atoms with Crippen molar-refractivity contribution in [3.05, 3.63) is 64.5 Å². The summed E-state index contributed by atoms with van der Waals surface area (Å²) in [7, 11) is 0.0189. The topological polar surface area (TPSA) is 59.3 Å². The van der Waals surface area contributed by atoms with Gasteiger partial charge in [-0.2, -0.15) is 5.26 Å². The molecule has 0 amide bonds. The third kappa shape index (κ3) is 5.74. The molecule has 1 saturated carbocycles. The number of rotatable bonds is 7. The maximum atomic E-state index is 14.6. The Labute approximate surface area is 181 Å². The minimum atomic E-state index is -1.16. The van der Waals surface area contributed by atoms with Crippen molar-refractivity contribution >= 4 is 15.5 Å². The van der Waals surface area contributed by atoms with Crippen molar-refractivity contribution in [1.29, 1.82) is 5.26 Å². The van der Waals surface area contributed by atoms with Crippen LogP contribution >= 0.6 is 0 Å². The Morgan fingerprint density at radius 3 is 2.35 bits per heavy atom. The van der Waals surface area contributed by atoms with Crippen LogP contribution in [-0.4, -0.2) is 28.2 Å². The molecule has 0 aromatic heterocycles. The van der Waals surface area contributed by atoms with Crippen LogP contribution in [0.25, 0.3) is 0 Å². The number of nitriles is 1. The molecule has 164 valence electrons. The zero-order chi connectivity index (χ0) is 22.4. The van der Waals surface area contributed by atoms with Crippen molar-refractivity contribution in [2.24, 2.45) is 0 Å². The molecule has 31 heavy (non-hydrogen) atoms. The summed E-state index contributed by atoms with van der Waals surface area (Å²) in [4.78, 5) is 12.3. The maximum Gasteiger partial charge on any atom is 0.346 e. The second-order valence-corrected chi connectivity index (χ2v) is 9.41. The minimum absolute atomic E-state index is 0.0189. The fourth-order valence-corrected chi connectivity index (χ4v) is 4.24. The van der Waals surface area contributed by atoms with E-state index in [0.29, 0.717) is 0 Å². The van der Waals surface area contributed by atoms with Gasteiger partial charge in [-0.25, -0.2) is 18.0 Å². The van der Waals surface area contributed by atoms with Crippen molar-refractivity contribution in [2.75, 3.05) is 6.61 Å². The zero-order valence-corrected chi connectivity index (χ0v) is 18.7. The van der Waals surface area contributed by atoms with E-state index in [2.05, 4.69) is 6.55 Å². The molecule has 0 heterocycles. The summed E-state index contributed by atoms with van der Waals surface area (Å²) in [6.07, 6.45) is 3.90. The molecule has 0 atom stereocenters. The van der Waals surface area contributed by atoms with E-state index in [-0.39, 0.29) is 27.1 Å².